The minimum Gasteiger partial charge on any atom is -0.383 e. The molecule has 1 aromatic heterocycles. The van der Waals surface area contributed by atoms with Crippen LogP contribution in [-0.2, 0) is 16.1 Å². The van der Waals surface area contributed by atoms with Crippen molar-refractivity contribution >= 4 is 35.8 Å². The van der Waals surface area contributed by atoms with Crippen molar-refractivity contribution in [3.05, 3.63) is 47.3 Å². The summed E-state index contributed by atoms with van der Waals surface area (Å²) < 4.78 is 7.01. The summed E-state index contributed by atoms with van der Waals surface area (Å²) in [6, 6.07) is 10.1. The number of aromatic nitrogens is 2. The van der Waals surface area contributed by atoms with Gasteiger partial charge in [-0.3, -0.25) is 4.79 Å². The summed E-state index contributed by atoms with van der Waals surface area (Å²) in [5.74, 6) is 0.541. The van der Waals surface area contributed by atoms with E-state index in [1.165, 1.54) is 4.90 Å². The molecule has 0 saturated carbocycles. The van der Waals surface area contributed by atoms with Gasteiger partial charge in [0.25, 0.3) is 0 Å². The van der Waals surface area contributed by atoms with Crippen LogP contribution in [0, 0.1) is 13.8 Å². The number of ether oxygens (including phenoxy) is 1. The van der Waals surface area contributed by atoms with Crippen molar-refractivity contribution in [2.75, 3.05) is 40.9 Å². The van der Waals surface area contributed by atoms with Crippen LogP contribution in [0.4, 0.5) is 0 Å². The molecule has 0 aliphatic heterocycles. The SMILES string of the molecule is COCCNC(=NCc1ccccc1-n1nc(C)cc1C)NCC(=O)N(C)C.I. The molecule has 160 valence electrons. The number of para-hydroxylation sites is 1. The summed E-state index contributed by atoms with van der Waals surface area (Å²) in [4.78, 5) is 18.1. The van der Waals surface area contributed by atoms with Crippen LogP contribution in [-0.4, -0.2) is 67.4 Å². The van der Waals surface area contributed by atoms with Crippen LogP contribution in [0.3, 0.4) is 0 Å². The number of rotatable bonds is 8. The molecule has 0 radical (unpaired) electrons. The Kier molecular flexibility index (Phi) is 10.7. The average molecular weight is 514 g/mol. The lowest BCUT2D eigenvalue weighted by atomic mass is 10.2. The van der Waals surface area contributed by atoms with Crippen molar-refractivity contribution in [3.63, 3.8) is 0 Å². The van der Waals surface area contributed by atoms with Gasteiger partial charge in [-0.05, 0) is 31.5 Å². The molecule has 29 heavy (non-hydrogen) atoms. The van der Waals surface area contributed by atoms with Crippen LogP contribution in [0.15, 0.2) is 35.3 Å². The van der Waals surface area contributed by atoms with E-state index in [0.717, 1.165) is 22.6 Å². The Morgan fingerprint density at radius 1 is 1.24 bits per heavy atom. The van der Waals surface area contributed by atoms with Gasteiger partial charge in [0.1, 0.15) is 0 Å². The lowest BCUT2D eigenvalue weighted by Gasteiger charge is -2.15. The summed E-state index contributed by atoms with van der Waals surface area (Å²) in [6.07, 6.45) is 0. The Hall–Kier alpha value is -2.14. The number of nitrogens with one attached hydrogen (secondary N) is 2. The average Bonchev–Trinajstić information content (AvgIpc) is 3.01. The van der Waals surface area contributed by atoms with Crippen molar-refractivity contribution in [2.45, 2.75) is 20.4 Å². The summed E-state index contributed by atoms with van der Waals surface area (Å²) in [5, 5.41) is 10.8. The van der Waals surface area contributed by atoms with Gasteiger partial charge in [0.15, 0.2) is 5.96 Å². The largest absolute Gasteiger partial charge is 0.383 e. The van der Waals surface area contributed by atoms with Crippen LogP contribution in [0.25, 0.3) is 5.69 Å². The highest BCUT2D eigenvalue weighted by Gasteiger charge is 2.10. The lowest BCUT2D eigenvalue weighted by Crippen LogP contribution is -2.43. The normalized spacial score (nSPS) is 11.0. The fourth-order valence-electron chi connectivity index (χ4n) is 2.65. The van der Waals surface area contributed by atoms with Crippen LogP contribution >= 0.6 is 24.0 Å². The first-order chi connectivity index (χ1) is 13.4. The predicted octanol–water partition coefficient (Wildman–Crippen LogP) is 1.88. The topological polar surface area (TPSA) is 83.8 Å². The number of benzene rings is 1. The fraction of sp³-hybridized carbons (Fsp3) is 0.450. The molecule has 9 heteroatoms. The molecule has 2 aromatic rings. The van der Waals surface area contributed by atoms with Crippen molar-refractivity contribution in [2.24, 2.45) is 4.99 Å². The summed E-state index contributed by atoms with van der Waals surface area (Å²) in [5.41, 5.74) is 4.08. The number of aryl methyl sites for hydroxylation is 2. The molecule has 1 amide bonds. The van der Waals surface area contributed by atoms with E-state index < -0.39 is 0 Å². The molecule has 0 unspecified atom stereocenters. The van der Waals surface area contributed by atoms with Crippen LogP contribution in [0.5, 0.6) is 0 Å². The van der Waals surface area contributed by atoms with Crippen LogP contribution in [0.1, 0.15) is 17.0 Å². The van der Waals surface area contributed by atoms with E-state index in [1.54, 1.807) is 21.2 Å². The number of guanidine groups is 1. The quantitative estimate of drug-likeness (QED) is 0.243. The highest BCUT2D eigenvalue weighted by Crippen LogP contribution is 2.17. The zero-order chi connectivity index (χ0) is 20.5. The van der Waals surface area contributed by atoms with Gasteiger partial charge in [0.05, 0.1) is 31.1 Å². The molecule has 2 rings (SSSR count). The molecule has 0 saturated heterocycles. The van der Waals surface area contributed by atoms with Gasteiger partial charge in [0.2, 0.25) is 5.91 Å². The number of halogens is 1. The van der Waals surface area contributed by atoms with Gasteiger partial charge in [-0.2, -0.15) is 5.10 Å². The second kappa shape index (κ2) is 12.4. The van der Waals surface area contributed by atoms with Crippen molar-refractivity contribution in [1.29, 1.82) is 0 Å². The highest BCUT2D eigenvalue weighted by atomic mass is 127. The maximum atomic E-state index is 11.9. The number of likely N-dealkylation sites (N-methyl/N-ethyl adjacent to an activating group) is 1. The molecule has 0 fully saturated rings. The molecule has 0 bridgehead atoms. The molecule has 0 atom stereocenters. The minimum absolute atomic E-state index is 0. The molecule has 0 aliphatic carbocycles. The molecule has 2 N–H and O–H groups in total. The van der Waals surface area contributed by atoms with E-state index in [0.29, 0.717) is 25.7 Å². The molecule has 1 aromatic carbocycles. The lowest BCUT2D eigenvalue weighted by molar-refractivity contribution is -0.127. The van der Waals surface area contributed by atoms with Gasteiger partial charge < -0.3 is 20.3 Å². The Morgan fingerprint density at radius 3 is 2.59 bits per heavy atom. The van der Waals surface area contributed by atoms with E-state index in [4.69, 9.17) is 4.74 Å². The van der Waals surface area contributed by atoms with Gasteiger partial charge in [0, 0.05) is 33.4 Å². The van der Waals surface area contributed by atoms with Gasteiger partial charge in [-0.25, -0.2) is 9.67 Å². The first-order valence-electron chi connectivity index (χ1n) is 9.25. The van der Waals surface area contributed by atoms with Gasteiger partial charge in [-0.1, -0.05) is 18.2 Å². The number of carbonyl (C=O) groups excluding carboxylic acids is 1. The number of hydrogen-bond acceptors (Lipinski definition) is 4. The van der Waals surface area contributed by atoms with Crippen LogP contribution in [0.2, 0.25) is 0 Å². The third kappa shape index (κ3) is 7.65. The third-order valence-corrected chi connectivity index (χ3v) is 4.14. The zero-order valence-electron chi connectivity index (χ0n) is 17.7. The number of carbonyl (C=O) groups is 1. The number of hydrogen-bond donors (Lipinski definition) is 2. The highest BCUT2D eigenvalue weighted by molar-refractivity contribution is 14.0. The standard InChI is InChI=1S/C20H30N6O2.HI/c1-15-12-16(2)26(24-15)18-9-7-6-8-17(18)13-22-20(21-10-11-28-5)23-14-19(27)25(3)4;/h6-9,12H,10-11,13-14H2,1-5H3,(H2,21,22,23);1H. The van der Waals surface area contributed by atoms with E-state index in [-0.39, 0.29) is 36.4 Å². The molecule has 1 heterocycles. The van der Waals surface area contributed by atoms with E-state index in [2.05, 4.69) is 20.7 Å². The monoisotopic (exact) mass is 514 g/mol. The van der Waals surface area contributed by atoms with E-state index in [9.17, 15) is 4.79 Å². The maximum Gasteiger partial charge on any atom is 0.241 e. The Labute approximate surface area is 189 Å². The molecule has 0 aliphatic rings. The second-order valence-electron chi connectivity index (χ2n) is 6.69. The molecular formula is C20H31IN6O2. The van der Waals surface area contributed by atoms with Crippen molar-refractivity contribution in [3.8, 4) is 5.69 Å². The first kappa shape index (κ1) is 24.9. The smallest absolute Gasteiger partial charge is 0.241 e. The maximum absolute atomic E-state index is 11.9. The van der Waals surface area contributed by atoms with E-state index in [1.807, 2.05) is 48.9 Å². The Morgan fingerprint density at radius 2 is 1.97 bits per heavy atom. The summed E-state index contributed by atoms with van der Waals surface area (Å²) >= 11 is 0. The van der Waals surface area contributed by atoms with Crippen LogP contribution < -0.4 is 10.6 Å². The summed E-state index contributed by atoms with van der Waals surface area (Å²) in [6.45, 7) is 5.78. The van der Waals surface area contributed by atoms with Crippen molar-refractivity contribution < 1.29 is 9.53 Å². The first-order valence-corrected chi connectivity index (χ1v) is 9.25. The molecule has 0 spiro atoms. The third-order valence-electron chi connectivity index (χ3n) is 4.14. The Balaban J connectivity index is 0.00000420. The number of amides is 1. The van der Waals surface area contributed by atoms with Crippen molar-refractivity contribution in [1.82, 2.24) is 25.3 Å². The minimum atomic E-state index is -0.0238. The summed E-state index contributed by atoms with van der Waals surface area (Å²) in [7, 11) is 5.10. The second-order valence-corrected chi connectivity index (χ2v) is 6.69. The number of aliphatic imine (C=N–C) groups is 1. The predicted molar refractivity (Wildman–Crippen MR) is 126 cm³/mol. The zero-order valence-corrected chi connectivity index (χ0v) is 20.1. The molecule has 8 nitrogen and oxygen atoms in total. The molecular weight excluding hydrogens is 483 g/mol. The van der Waals surface area contributed by atoms with Gasteiger partial charge in [-0.15, -0.1) is 24.0 Å². The number of methoxy groups -OCH3 is 1. The van der Waals surface area contributed by atoms with Gasteiger partial charge >= 0.3 is 0 Å². The fourth-order valence-corrected chi connectivity index (χ4v) is 2.65. The number of nitrogens with zero attached hydrogens (tertiary/aromatic N) is 4. The Bertz CT molecular complexity index is 819. The van der Waals surface area contributed by atoms with E-state index >= 15 is 0 Å².